The van der Waals surface area contributed by atoms with Gasteiger partial charge in [0.15, 0.2) is 0 Å². The van der Waals surface area contributed by atoms with Crippen molar-refractivity contribution in [2.24, 2.45) is 0 Å². The quantitative estimate of drug-likeness (QED) is 0.530. The zero-order chi connectivity index (χ0) is 12.0. The molecule has 0 atom stereocenters. The average molecular weight is 244 g/mol. The largest absolute Gasteiger partial charge is 0.318 e. The highest BCUT2D eigenvalue weighted by Gasteiger charge is 2.26. The molecule has 0 unspecified atom stereocenters. The molecule has 1 aliphatic rings. The lowest BCUT2D eigenvalue weighted by Gasteiger charge is -2.42. The minimum Gasteiger partial charge on any atom is -0.318 e. The van der Waals surface area contributed by atoms with Crippen LogP contribution in [0.3, 0.4) is 0 Å². The standard InChI is InChI=1S/C11H28N4Si/c1-5-15(16(12-2)13-3)14(4)11-9-7-6-8-10-11/h11-13,16H,5-10H2,1-4H3. The maximum absolute atomic E-state index is 3.43. The molecule has 1 aliphatic carbocycles. The summed E-state index contributed by atoms with van der Waals surface area (Å²) in [4.78, 5) is 6.87. The van der Waals surface area contributed by atoms with E-state index in [9.17, 15) is 0 Å². The summed E-state index contributed by atoms with van der Waals surface area (Å²) in [5.74, 6) is 0. The molecule has 0 aromatic rings. The summed E-state index contributed by atoms with van der Waals surface area (Å²) in [7, 11) is 5.20. The highest BCUT2D eigenvalue weighted by molar-refractivity contribution is 6.49. The Bertz CT molecular complexity index is 181. The molecule has 0 spiro atoms. The van der Waals surface area contributed by atoms with E-state index in [4.69, 9.17) is 0 Å². The van der Waals surface area contributed by atoms with Crippen LogP contribution in [0, 0.1) is 0 Å². The van der Waals surface area contributed by atoms with E-state index in [0.29, 0.717) is 0 Å². The van der Waals surface area contributed by atoms with Crippen molar-refractivity contribution in [2.45, 2.75) is 45.1 Å². The van der Waals surface area contributed by atoms with E-state index >= 15 is 0 Å². The molecule has 0 bridgehead atoms. The van der Waals surface area contributed by atoms with Gasteiger partial charge in [0, 0.05) is 19.6 Å². The van der Waals surface area contributed by atoms with Gasteiger partial charge in [0.05, 0.1) is 0 Å². The fourth-order valence-electron chi connectivity index (χ4n) is 2.69. The van der Waals surface area contributed by atoms with Gasteiger partial charge in [-0.1, -0.05) is 26.2 Å². The second kappa shape index (κ2) is 7.40. The number of nitrogens with zero attached hydrogens (tertiary/aromatic N) is 2. The van der Waals surface area contributed by atoms with E-state index in [1.807, 2.05) is 0 Å². The smallest absolute Gasteiger partial charge is 0.280 e. The number of hydrazine groups is 1. The van der Waals surface area contributed by atoms with Crippen molar-refractivity contribution >= 4 is 9.28 Å². The SMILES string of the molecule is CCN(N(C)C1CCCCC1)[SiH](NC)NC. The molecule has 1 fully saturated rings. The maximum Gasteiger partial charge on any atom is 0.280 e. The predicted octanol–water partition coefficient (Wildman–Crippen LogP) is 0.644. The zero-order valence-electron chi connectivity index (χ0n) is 11.3. The van der Waals surface area contributed by atoms with E-state index < -0.39 is 9.28 Å². The molecule has 4 nitrogen and oxygen atoms in total. The molecule has 5 heteroatoms. The van der Waals surface area contributed by atoms with Crippen molar-refractivity contribution in [3.05, 3.63) is 0 Å². The Hall–Kier alpha value is 0.0569. The van der Waals surface area contributed by atoms with Gasteiger partial charge in [0.1, 0.15) is 0 Å². The molecule has 0 amide bonds. The molecule has 0 aromatic heterocycles. The Morgan fingerprint density at radius 3 is 2.12 bits per heavy atom. The van der Waals surface area contributed by atoms with E-state index in [0.717, 1.165) is 12.6 Å². The van der Waals surface area contributed by atoms with Crippen molar-refractivity contribution in [2.75, 3.05) is 27.7 Å². The minimum absolute atomic E-state index is 0.755. The Morgan fingerprint density at radius 1 is 1.12 bits per heavy atom. The first-order valence-corrected chi connectivity index (χ1v) is 8.25. The Kier molecular flexibility index (Phi) is 6.53. The van der Waals surface area contributed by atoms with Gasteiger partial charge < -0.3 is 9.96 Å². The van der Waals surface area contributed by atoms with Gasteiger partial charge in [0.25, 0.3) is 9.28 Å². The molecular formula is C11H28N4Si. The molecular weight excluding hydrogens is 216 g/mol. The lowest BCUT2D eigenvalue weighted by atomic mass is 9.95. The van der Waals surface area contributed by atoms with E-state index in [-0.39, 0.29) is 0 Å². The molecule has 96 valence electrons. The van der Waals surface area contributed by atoms with Gasteiger partial charge in [-0.05, 0) is 26.9 Å². The molecule has 0 radical (unpaired) electrons. The van der Waals surface area contributed by atoms with Gasteiger partial charge in [0.2, 0.25) is 0 Å². The van der Waals surface area contributed by atoms with Crippen LogP contribution in [0.15, 0.2) is 0 Å². The van der Waals surface area contributed by atoms with Crippen LogP contribution in [0.1, 0.15) is 39.0 Å². The Labute approximate surface area is 102 Å². The molecule has 0 heterocycles. The van der Waals surface area contributed by atoms with Gasteiger partial charge in [-0.2, -0.15) is 0 Å². The Balaban J connectivity index is 2.55. The molecule has 1 rings (SSSR count). The summed E-state index contributed by atoms with van der Waals surface area (Å²) in [6.07, 6.45) is 6.95. The fraction of sp³-hybridized carbons (Fsp3) is 1.00. The minimum atomic E-state index is -1.18. The number of hydrogen-bond donors (Lipinski definition) is 2. The van der Waals surface area contributed by atoms with E-state index in [1.54, 1.807) is 0 Å². The summed E-state index contributed by atoms with van der Waals surface area (Å²) >= 11 is 0. The summed E-state index contributed by atoms with van der Waals surface area (Å²) in [5.41, 5.74) is 0. The molecule has 0 aliphatic heterocycles. The number of rotatable bonds is 6. The van der Waals surface area contributed by atoms with E-state index in [1.165, 1.54) is 32.1 Å². The highest BCUT2D eigenvalue weighted by atomic mass is 28.3. The third-order valence-electron chi connectivity index (χ3n) is 3.68. The van der Waals surface area contributed by atoms with Crippen molar-refractivity contribution in [1.29, 1.82) is 0 Å². The van der Waals surface area contributed by atoms with Crippen molar-refractivity contribution < 1.29 is 0 Å². The molecule has 0 saturated heterocycles. The third-order valence-corrected chi connectivity index (χ3v) is 6.10. The van der Waals surface area contributed by atoms with Crippen LogP contribution in [0.4, 0.5) is 0 Å². The van der Waals surface area contributed by atoms with Crippen molar-refractivity contribution in [3.8, 4) is 0 Å². The molecule has 0 aromatic carbocycles. The summed E-state index contributed by atoms with van der Waals surface area (Å²) in [6, 6.07) is 0.755. The van der Waals surface area contributed by atoms with Gasteiger partial charge in [-0.25, -0.2) is 9.68 Å². The lowest BCUT2D eigenvalue weighted by Crippen LogP contribution is -2.64. The Morgan fingerprint density at radius 2 is 1.69 bits per heavy atom. The van der Waals surface area contributed by atoms with Gasteiger partial charge in [-0.3, -0.25) is 0 Å². The van der Waals surface area contributed by atoms with Crippen LogP contribution in [0.5, 0.6) is 0 Å². The van der Waals surface area contributed by atoms with Crippen LogP contribution in [0.25, 0.3) is 0 Å². The molecule has 16 heavy (non-hydrogen) atoms. The monoisotopic (exact) mass is 244 g/mol. The number of nitrogens with one attached hydrogen (secondary N) is 2. The van der Waals surface area contributed by atoms with Crippen LogP contribution in [-0.4, -0.2) is 52.7 Å². The first-order chi connectivity index (χ1) is 7.74. The number of hydrogen-bond acceptors (Lipinski definition) is 4. The third kappa shape index (κ3) is 3.53. The topological polar surface area (TPSA) is 30.5 Å². The van der Waals surface area contributed by atoms with Gasteiger partial charge in [-0.15, -0.1) is 0 Å². The molecule has 1 saturated carbocycles. The first-order valence-electron chi connectivity index (χ1n) is 6.58. The van der Waals surface area contributed by atoms with Crippen LogP contribution >= 0.6 is 0 Å². The average Bonchev–Trinajstić information content (AvgIpc) is 2.36. The summed E-state index contributed by atoms with van der Waals surface area (Å²) in [5, 5.41) is 2.49. The fourth-order valence-corrected chi connectivity index (χ4v) is 4.50. The summed E-state index contributed by atoms with van der Waals surface area (Å²) < 4.78 is 2.51. The predicted molar refractivity (Wildman–Crippen MR) is 72.3 cm³/mol. The van der Waals surface area contributed by atoms with Gasteiger partial charge >= 0.3 is 0 Å². The van der Waals surface area contributed by atoms with Crippen LogP contribution in [0.2, 0.25) is 0 Å². The second-order valence-electron chi connectivity index (χ2n) is 4.60. The molecule has 2 N–H and O–H groups in total. The van der Waals surface area contributed by atoms with Crippen LogP contribution < -0.4 is 9.96 Å². The maximum atomic E-state index is 3.43. The highest BCUT2D eigenvalue weighted by Crippen LogP contribution is 2.22. The van der Waals surface area contributed by atoms with Crippen molar-refractivity contribution in [1.82, 2.24) is 19.6 Å². The summed E-state index contributed by atoms with van der Waals surface area (Å²) in [6.45, 7) is 3.33. The zero-order valence-corrected chi connectivity index (χ0v) is 12.4. The van der Waals surface area contributed by atoms with E-state index in [2.05, 4.69) is 47.7 Å². The normalized spacial score (nSPS) is 18.9. The second-order valence-corrected chi connectivity index (χ2v) is 7.16. The van der Waals surface area contributed by atoms with Crippen LogP contribution in [-0.2, 0) is 0 Å². The first kappa shape index (κ1) is 14.1. The lowest BCUT2D eigenvalue weighted by molar-refractivity contribution is 0.0194. The van der Waals surface area contributed by atoms with Crippen molar-refractivity contribution in [3.63, 3.8) is 0 Å².